The fourth-order valence-electron chi connectivity index (χ4n) is 1.40. The van der Waals surface area contributed by atoms with Crippen molar-refractivity contribution in [3.8, 4) is 6.07 Å². The van der Waals surface area contributed by atoms with Crippen LogP contribution in [-0.2, 0) is 5.75 Å². The van der Waals surface area contributed by atoms with Crippen LogP contribution < -0.4 is 0 Å². The molecule has 0 saturated carbocycles. The average molecular weight is 293 g/mol. The van der Waals surface area contributed by atoms with Crippen LogP contribution >= 0.6 is 34.9 Å². The molecule has 0 atom stereocenters. The second-order valence-electron chi connectivity index (χ2n) is 3.58. The van der Waals surface area contributed by atoms with E-state index in [0.717, 1.165) is 20.0 Å². The monoisotopic (exact) mass is 293 g/mol. The molecule has 0 aliphatic carbocycles. The Morgan fingerprint density at radius 2 is 2.11 bits per heavy atom. The molecule has 0 N–H and O–H groups in total. The number of nitrogens with zero attached hydrogens (tertiary/aromatic N) is 3. The number of rotatable bonds is 4. The van der Waals surface area contributed by atoms with E-state index < -0.39 is 0 Å². The largest absolute Gasteiger partial charge is 0.192 e. The van der Waals surface area contributed by atoms with E-state index in [1.54, 1.807) is 34.9 Å². The predicted octanol–water partition coefficient (Wildman–Crippen LogP) is 3.73. The highest BCUT2D eigenvalue weighted by Gasteiger charge is 2.06. The lowest BCUT2D eigenvalue weighted by Gasteiger charge is -2.03. The van der Waals surface area contributed by atoms with Crippen LogP contribution in [0.15, 0.2) is 26.9 Å². The van der Waals surface area contributed by atoms with Crippen molar-refractivity contribution in [2.24, 2.45) is 0 Å². The van der Waals surface area contributed by atoms with Gasteiger partial charge in [0, 0.05) is 5.75 Å². The number of aryl methyl sites for hydroxylation is 1. The summed E-state index contributed by atoms with van der Waals surface area (Å²) in [4.78, 5) is 0. The van der Waals surface area contributed by atoms with Crippen molar-refractivity contribution < 1.29 is 0 Å². The van der Waals surface area contributed by atoms with Gasteiger partial charge in [0.05, 0.1) is 11.6 Å². The zero-order chi connectivity index (χ0) is 13.0. The molecule has 0 aliphatic rings. The van der Waals surface area contributed by atoms with E-state index >= 15 is 0 Å². The van der Waals surface area contributed by atoms with Crippen molar-refractivity contribution >= 4 is 34.9 Å². The summed E-state index contributed by atoms with van der Waals surface area (Å²) in [6, 6.07) is 7.94. The van der Waals surface area contributed by atoms with Gasteiger partial charge in [-0.2, -0.15) is 5.26 Å². The zero-order valence-corrected chi connectivity index (χ0v) is 12.5. The third-order valence-corrected chi connectivity index (χ3v) is 5.47. The van der Waals surface area contributed by atoms with E-state index in [9.17, 15) is 0 Å². The van der Waals surface area contributed by atoms with Gasteiger partial charge in [-0.3, -0.25) is 0 Å². The first-order valence-corrected chi connectivity index (χ1v) is 8.25. The molecular weight excluding hydrogens is 282 g/mol. The smallest absolute Gasteiger partial charge is 0.175 e. The first-order chi connectivity index (χ1) is 8.72. The second kappa shape index (κ2) is 6.23. The summed E-state index contributed by atoms with van der Waals surface area (Å²) in [5.41, 5.74) is 3.10. The van der Waals surface area contributed by atoms with Crippen LogP contribution in [0, 0.1) is 18.3 Å². The minimum absolute atomic E-state index is 0.710. The topological polar surface area (TPSA) is 49.6 Å². The quantitative estimate of drug-likeness (QED) is 0.804. The first kappa shape index (κ1) is 13.4. The van der Waals surface area contributed by atoms with Crippen LogP contribution in [0.25, 0.3) is 0 Å². The van der Waals surface area contributed by atoms with Gasteiger partial charge in [-0.25, -0.2) is 0 Å². The maximum Gasteiger partial charge on any atom is 0.175 e. The Balaban J connectivity index is 2.04. The fraction of sp³-hybridized carbons (Fsp3) is 0.250. The van der Waals surface area contributed by atoms with Crippen LogP contribution in [0.3, 0.4) is 0 Å². The molecule has 0 saturated heterocycles. The molecule has 0 radical (unpaired) electrons. The van der Waals surface area contributed by atoms with Crippen molar-refractivity contribution in [1.29, 1.82) is 5.26 Å². The molecular formula is C12H11N3S3. The maximum atomic E-state index is 8.82. The van der Waals surface area contributed by atoms with E-state index in [4.69, 9.17) is 5.26 Å². The Labute approximate surface area is 119 Å². The number of benzene rings is 1. The number of hydrogen-bond donors (Lipinski definition) is 0. The molecule has 1 aromatic carbocycles. The zero-order valence-electron chi connectivity index (χ0n) is 10.0. The summed E-state index contributed by atoms with van der Waals surface area (Å²) in [6.07, 6.45) is 2.00. The van der Waals surface area contributed by atoms with E-state index in [0.29, 0.717) is 5.56 Å². The standard InChI is InChI=1S/C12H11N3S3/c1-8-5-9(6-13)3-4-10(8)7-17-12-15-14-11(16-2)18-12/h3-5H,7H2,1-2H3. The highest BCUT2D eigenvalue weighted by atomic mass is 32.2. The van der Waals surface area contributed by atoms with E-state index in [1.807, 2.05) is 31.4 Å². The Morgan fingerprint density at radius 3 is 2.72 bits per heavy atom. The highest BCUT2D eigenvalue weighted by Crippen LogP contribution is 2.30. The van der Waals surface area contributed by atoms with Gasteiger partial charge in [0.2, 0.25) is 0 Å². The molecule has 0 spiro atoms. The second-order valence-corrected chi connectivity index (χ2v) is 6.83. The van der Waals surface area contributed by atoms with Gasteiger partial charge in [0.25, 0.3) is 0 Å². The van der Waals surface area contributed by atoms with Crippen molar-refractivity contribution in [3.05, 3.63) is 34.9 Å². The molecule has 2 aromatic rings. The lowest BCUT2D eigenvalue weighted by atomic mass is 10.1. The maximum absolute atomic E-state index is 8.82. The first-order valence-electron chi connectivity index (χ1n) is 5.23. The Kier molecular flexibility index (Phi) is 4.64. The molecule has 92 valence electrons. The lowest BCUT2D eigenvalue weighted by Crippen LogP contribution is -1.87. The van der Waals surface area contributed by atoms with Crippen molar-refractivity contribution in [1.82, 2.24) is 10.2 Å². The van der Waals surface area contributed by atoms with Crippen molar-refractivity contribution in [2.75, 3.05) is 6.26 Å². The molecule has 18 heavy (non-hydrogen) atoms. The van der Waals surface area contributed by atoms with Gasteiger partial charge in [-0.15, -0.1) is 10.2 Å². The van der Waals surface area contributed by atoms with Gasteiger partial charge in [-0.1, -0.05) is 40.9 Å². The summed E-state index contributed by atoms with van der Waals surface area (Å²) in [6.45, 7) is 2.03. The number of hydrogen-bond acceptors (Lipinski definition) is 6. The summed E-state index contributed by atoms with van der Waals surface area (Å²) in [5, 5.41) is 17.0. The number of aromatic nitrogens is 2. The van der Waals surface area contributed by atoms with Crippen LogP contribution in [0.1, 0.15) is 16.7 Å². The summed E-state index contributed by atoms with van der Waals surface area (Å²) < 4.78 is 1.98. The number of nitriles is 1. The molecule has 1 heterocycles. The molecule has 0 aliphatic heterocycles. The Morgan fingerprint density at radius 1 is 1.33 bits per heavy atom. The van der Waals surface area contributed by atoms with Crippen LogP contribution in [0.5, 0.6) is 0 Å². The van der Waals surface area contributed by atoms with Crippen molar-refractivity contribution in [2.45, 2.75) is 21.4 Å². The predicted molar refractivity (Wildman–Crippen MR) is 77.1 cm³/mol. The molecule has 2 rings (SSSR count). The highest BCUT2D eigenvalue weighted by molar-refractivity contribution is 8.02. The molecule has 0 amide bonds. The van der Waals surface area contributed by atoms with E-state index in [1.165, 1.54) is 5.56 Å². The van der Waals surface area contributed by atoms with Gasteiger partial charge < -0.3 is 0 Å². The normalized spacial score (nSPS) is 10.3. The van der Waals surface area contributed by atoms with Gasteiger partial charge in [-0.05, 0) is 36.4 Å². The third kappa shape index (κ3) is 3.25. The van der Waals surface area contributed by atoms with Crippen LogP contribution in [0.2, 0.25) is 0 Å². The molecule has 0 fully saturated rings. The van der Waals surface area contributed by atoms with Crippen LogP contribution in [0.4, 0.5) is 0 Å². The van der Waals surface area contributed by atoms with E-state index in [2.05, 4.69) is 16.3 Å². The molecule has 0 unspecified atom stereocenters. The summed E-state index contributed by atoms with van der Waals surface area (Å²) in [5.74, 6) is 0.862. The lowest BCUT2D eigenvalue weighted by molar-refractivity contribution is 0.955. The molecule has 1 aromatic heterocycles. The molecule has 0 bridgehead atoms. The Bertz CT molecular complexity index is 586. The third-order valence-electron chi connectivity index (χ3n) is 2.39. The van der Waals surface area contributed by atoms with Crippen LogP contribution in [-0.4, -0.2) is 16.5 Å². The molecule has 6 heteroatoms. The minimum Gasteiger partial charge on any atom is -0.192 e. The van der Waals surface area contributed by atoms with Gasteiger partial charge in [0.15, 0.2) is 8.68 Å². The minimum atomic E-state index is 0.710. The van der Waals surface area contributed by atoms with Gasteiger partial charge >= 0.3 is 0 Å². The fourth-order valence-corrected chi connectivity index (χ4v) is 3.92. The summed E-state index contributed by atoms with van der Waals surface area (Å²) in [7, 11) is 0. The van der Waals surface area contributed by atoms with Crippen molar-refractivity contribution in [3.63, 3.8) is 0 Å². The molecule has 3 nitrogen and oxygen atoms in total. The summed E-state index contributed by atoms with van der Waals surface area (Å²) >= 11 is 4.92. The Hall–Kier alpha value is -1.03. The number of thioether (sulfide) groups is 2. The van der Waals surface area contributed by atoms with Gasteiger partial charge in [0.1, 0.15) is 0 Å². The average Bonchev–Trinajstić information content (AvgIpc) is 2.85. The SMILES string of the molecule is CSc1nnc(SCc2ccc(C#N)cc2C)s1. The van der Waals surface area contributed by atoms with E-state index in [-0.39, 0.29) is 0 Å².